The number of rotatable bonds is 4. The van der Waals surface area contributed by atoms with Gasteiger partial charge in [-0.05, 0) is 37.8 Å². The summed E-state index contributed by atoms with van der Waals surface area (Å²) in [6.45, 7) is 6.78. The Bertz CT molecular complexity index is 475. The molecular formula is C16H28Cl2N4O. The molecule has 0 saturated carbocycles. The minimum absolute atomic E-state index is 0. The minimum Gasteiger partial charge on any atom is -0.357 e. The fourth-order valence-corrected chi connectivity index (χ4v) is 2.50. The van der Waals surface area contributed by atoms with Crippen molar-refractivity contribution in [1.82, 2.24) is 9.88 Å². The second-order valence-electron chi connectivity index (χ2n) is 6.08. The van der Waals surface area contributed by atoms with Crippen molar-refractivity contribution in [3.63, 3.8) is 0 Å². The Hall–Kier alpha value is -1.04. The quantitative estimate of drug-likeness (QED) is 0.893. The number of hydrogen-bond acceptors (Lipinski definition) is 4. The van der Waals surface area contributed by atoms with Gasteiger partial charge < -0.3 is 15.5 Å². The summed E-state index contributed by atoms with van der Waals surface area (Å²) >= 11 is 0. The van der Waals surface area contributed by atoms with Gasteiger partial charge in [0.15, 0.2) is 0 Å². The highest BCUT2D eigenvalue weighted by Gasteiger charge is 2.19. The maximum atomic E-state index is 12.3. The molecule has 0 radical (unpaired) electrons. The fourth-order valence-electron chi connectivity index (χ4n) is 2.50. The van der Waals surface area contributed by atoms with Gasteiger partial charge >= 0.3 is 0 Å². The Morgan fingerprint density at radius 3 is 2.48 bits per heavy atom. The molecule has 1 aromatic rings. The summed E-state index contributed by atoms with van der Waals surface area (Å²) < 4.78 is 0. The SMILES string of the molecule is CC1CCN(c2ccc(C(=O)N(C)C(C)CN)cn2)CC1.Cl.Cl. The number of aromatic nitrogens is 1. The highest BCUT2D eigenvalue weighted by Crippen LogP contribution is 2.21. The lowest BCUT2D eigenvalue weighted by Crippen LogP contribution is -2.39. The van der Waals surface area contributed by atoms with Gasteiger partial charge in [0, 0.05) is 38.9 Å². The maximum Gasteiger partial charge on any atom is 0.255 e. The topological polar surface area (TPSA) is 62.5 Å². The Morgan fingerprint density at radius 2 is 2.00 bits per heavy atom. The molecule has 0 aliphatic carbocycles. The predicted octanol–water partition coefficient (Wildman–Crippen LogP) is 2.58. The molecule has 7 heteroatoms. The molecule has 0 bridgehead atoms. The fraction of sp³-hybridized carbons (Fsp3) is 0.625. The van der Waals surface area contributed by atoms with Crippen molar-refractivity contribution in [3.05, 3.63) is 23.9 Å². The first-order valence-corrected chi connectivity index (χ1v) is 7.71. The monoisotopic (exact) mass is 362 g/mol. The molecule has 1 aliphatic heterocycles. The third-order valence-electron chi connectivity index (χ3n) is 4.43. The van der Waals surface area contributed by atoms with E-state index in [0.29, 0.717) is 12.1 Å². The van der Waals surface area contributed by atoms with Gasteiger partial charge in [0.2, 0.25) is 0 Å². The number of pyridine rings is 1. The molecule has 5 nitrogen and oxygen atoms in total. The summed E-state index contributed by atoms with van der Waals surface area (Å²) in [5.41, 5.74) is 6.22. The second kappa shape index (κ2) is 9.96. The Morgan fingerprint density at radius 1 is 1.39 bits per heavy atom. The lowest BCUT2D eigenvalue weighted by atomic mass is 9.99. The summed E-state index contributed by atoms with van der Waals surface area (Å²) in [5, 5.41) is 0. The Labute approximate surface area is 151 Å². The molecule has 1 unspecified atom stereocenters. The number of carbonyl (C=O) groups is 1. The van der Waals surface area contributed by atoms with Crippen LogP contribution in [0.1, 0.15) is 37.0 Å². The van der Waals surface area contributed by atoms with E-state index in [-0.39, 0.29) is 36.8 Å². The van der Waals surface area contributed by atoms with Gasteiger partial charge in [-0.2, -0.15) is 0 Å². The highest BCUT2D eigenvalue weighted by molar-refractivity contribution is 5.94. The number of hydrogen-bond donors (Lipinski definition) is 1. The van der Waals surface area contributed by atoms with Crippen LogP contribution < -0.4 is 10.6 Å². The van der Waals surface area contributed by atoms with E-state index in [1.807, 2.05) is 19.1 Å². The van der Waals surface area contributed by atoms with Crippen LogP contribution >= 0.6 is 24.8 Å². The van der Waals surface area contributed by atoms with Gasteiger partial charge in [-0.15, -0.1) is 24.8 Å². The van der Waals surface area contributed by atoms with E-state index in [0.717, 1.165) is 24.8 Å². The van der Waals surface area contributed by atoms with Gasteiger partial charge in [-0.25, -0.2) is 4.98 Å². The third kappa shape index (κ3) is 5.52. The molecule has 2 heterocycles. The maximum absolute atomic E-state index is 12.3. The molecule has 1 aliphatic rings. The number of halogens is 2. The van der Waals surface area contributed by atoms with E-state index in [4.69, 9.17) is 5.73 Å². The van der Waals surface area contributed by atoms with Crippen LogP contribution in [0.25, 0.3) is 0 Å². The van der Waals surface area contributed by atoms with E-state index >= 15 is 0 Å². The van der Waals surface area contributed by atoms with Crippen molar-refractivity contribution in [1.29, 1.82) is 0 Å². The second-order valence-corrected chi connectivity index (χ2v) is 6.08. The minimum atomic E-state index is -0.0285. The standard InChI is InChI=1S/C16H26N4O.2ClH/c1-12-6-8-20(9-7-12)15-5-4-14(11-18-15)16(21)19(3)13(2)10-17;;/h4-5,11-13H,6-10,17H2,1-3H3;2*1H. The van der Waals surface area contributed by atoms with Crippen molar-refractivity contribution in [2.24, 2.45) is 11.7 Å². The van der Waals surface area contributed by atoms with Crippen LogP contribution in [0.15, 0.2) is 18.3 Å². The summed E-state index contributed by atoms with van der Waals surface area (Å²) in [4.78, 5) is 20.7. The molecule has 2 N–H and O–H groups in total. The van der Waals surface area contributed by atoms with Crippen LogP contribution in [0.3, 0.4) is 0 Å². The number of likely N-dealkylation sites (N-methyl/N-ethyl adjacent to an activating group) is 1. The Kier molecular flexibility index (Phi) is 9.51. The van der Waals surface area contributed by atoms with E-state index in [1.165, 1.54) is 12.8 Å². The van der Waals surface area contributed by atoms with E-state index in [2.05, 4.69) is 16.8 Å². The summed E-state index contributed by atoms with van der Waals surface area (Å²) in [5.74, 6) is 1.74. The number of nitrogens with two attached hydrogens (primary N) is 1. The number of anilines is 1. The van der Waals surface area contributed by atoms with Crippen LogP contribution in [0.2, 0.25) is 0 Å². The van der Waals surface area contributed by atoms with Gasteiger partial charge in [0.1, 0.15) is 5.82 Å². The predicted molar refractivity (Wildman–Crippen MR) is 100.0 cm³/mol. The summed E-state index contributed by atoms with van der Waals surface area (Å²) in [7, 11) is 1.78. The molecule has 1 atom stereocenters. The number of carbonyl (C=O) groups excluding carboxylic acids is 1. The molecule has 1 fully saturated rings. The summed E-state index contributed by atoms with van der Waals surface area (Å²) in [6, 6.07) is 3.84. The summed E-state index contributed by atoms with van der Waals surface area (Å²) in [6.07, 6.45) is 4.09. The van der Waals surface area contributed by atoms with Gasteiger partial charge in [-0.3, -0.25) is 4.79 Å². The van der Waals surface area contributed by atoms with Crippen LogP contribution in [-0.2, 0) is 0 Å². The first-order chi connectivity index (χ1) is 10.0. The van der Waals surface area contributed by atoms with Crippen molar-refractivity contribution in [2.75, 3.05) is 31.6 Å². The average Bonchev–Trinajstić information content (AvgIpc) is 2.53. The van der Waals surface area contributed by atoms with E-state index < -0.39 is 0 Å². The molecule has 0 spiro atoms. The van der Waals surface area contributed by atoms with Crippen LogP contribution in [0.4, 0.5) is 5.82 Å². The molecular weight excluding hydrogens is 335 g/mol. The molecule has 132 valence electrons. The molecule has 1 amide bonds. The van der Waals surface area contributed by atoms with E-state index in [1.54, 1.807) is 18.1 Å². The Balaban J connectivity index is 0.00000242. The first-order valence-electron chi connectivity index (χ1n) is 7.71. The van der Waals surface area contributed by atoms with Gasteiger partial charge in [0.25, 0.3) is 5.91 Å². The smallest absolute Gasteiger partial charge is 0.255 e. The third-order valence-corrected chi connectivity index (χ3v) is 4.43. The number of nitrogens with zero attached hydrogens (tertiary/aromatic N) is 3. The van der Waals surface area contributed by atoms with Crippen LogP contribution in [-0.4, -0.2) is 48.5 Å². The van der Waals surface area contributed by atoms with Crippen molar-refractivity contribution in [2.45, 2.75) is 32.7 Å². The van der Waals surface area contributed by atoms with E-state index in [9.17, 15) is 4.79 Å². The van der Waals surface area contributed by atoms with Gasteiger partial charge in [0.05, 0.1) is 5.56 Å². The number of piperidine rings is 1. The molecule has 1 aromatic heterocycles. The molecule has 23 heavy (non-hydrogen) atoms. The molecule has 0 aromatic carbocycles. The van der Waals surface area contributed by atoms with Crippen LogP contribution in [0, 0.1) is 5.92 Å². The normalized spacial score (nSPS) is 16.1. The highest BCUT2D eigenvalue weighted by atomic mass is 35.5. The van der Waals surface area contributed by atoms with Crippen molar-refractivity contribution < 1.29 is 4.79 Å². The van der Waals surface area contributed by atoms with Crippen molar-refractivity contribution >= 4 is 36.5 Å². The zero-order valence-electron chi connectivity index (χ0n) is 14.1. The molecule has 1 saturated heterocycles. The molecule has 2 rings (SSSR count). The lowest BCUT2D eigenvalue weighted by Gasteiger charge is -2.31. The van der Waals surface area contributed by atoms with Crippen molar-refractivity contribution in [3.8, 4) is 0 Å². The zero-order chi connectivity index (χ0) is 15.4. The van der Waals surface area contributed by atoms with Crippen LogP contribution in [0.5, 0.6) is 0 Å². The van der Waals surface area contributed by atoms with Gasteiger partial charge in [-0.1, -0.05) is 6.92 Å². The first kappa shape index (κ1) is 22.0. The zero-order valence-corrected chi connectivity index (χ0v) is 15.7. The largest absolute Gasteiger partial charge is 0.357 e. The number of amides is 1. The lowest BCUT2D eigenvalue weighted by molar-refractivity contribution is 0.0748. The average molecular weight is 363 g/mol.